The summed E-state index contributed by atoms with van der Waals surface area (Å²) >= 11 is 0. The third kappa shape index (κ3) is 9.24. The molecular formula is C24H43IN6. The highest BCUT2D eigenvalue weighted by Crippen LogP contribution is 2.16. The lowest BCUT2D eigenvalue weighted by molar-refractivity contribution is 0.148. The van der Waals surface area contributed by atoms with Crippen molar-refractivity contribution in [3.05, 3.63) is 35.4 Å². The Kier molecular flexibility index (Phi) is 12.1. The minimum absolute atomic E-state index is 0. The van der Waals surface area contributed by atoms with Crippen LogP contribution in [0.5, 0.6) is 0 Å². The standard InChI is InChI=1S/C24H42N6.HI/c1-21-7-4-5-13-30(21)14-6-12-26-24(25-2)27-19-22-8-10-23(11-9-22)20-29-17-15-28(3)16-18-29;/h8-11,21H,4-7,12-20H2,1-3H3,(H2,25,26,27);1H. The lowest BCUT2D eigenvalue weighted by Crippen LogP contribution is -2.43. The van der Waals surface area contributed by atoms with E-state index in [0.717, 1.165) is 38.1 Å². The minimum Gasteiger partial charge on any atom is -0.356 e. The predicted molar refractivity (Wildman–Crippen MR) is 142 cm³/mol. The van der Waals surface area contributed by atoms with E-state index >= 15 is 0 Å². The summed E-state index contributed by atoms with van der Waals surface area (Å²) in [6.45, 7) is 12.3. The SMILES string of the molecule is CN=C(NCCCN1CCCCC1C)NCc1ccc(CN2CCN(C)CC2)cc1.I. The van der Waals surface area contributed by atoms with Gasteiger partial charge in [-0.1, -0.05) is 30.7 Å². The van der Waals surface area contributed by atoms with Gasteiger partial charge in [-0.05, 0) is 50.9 Å². The van der Waals surface area contributed by atoms with Crippen molar-refractivity contribution in [3.63, 3.8) is 0 Å². The highest BCUT2D eigenvalue weighted by Gasteiger charge is 2.17. The molecule has 0 saturated carbocycles. The van der Waals surface area contributed by atoms with E-state index in [9.17, 15) is 0 Å². The van der Waals surface area contributed by atoms with E-state index in [1.807, 2.05) is 7.05 Å². The van der Waals surface area contributed by atoms with Crippen molar-refractivity contribution in [3.8, 4) is 0 Å². The lowest BCUT2D eigenvalue weighted by atomic mass is 10.0. The van der Waals surface area contributed by atoms with Crippen molar-refractivity contribution in [2.75, 3.05) is 59.9 Å². The summed E-state index contributed by atoms with van der Waals surface area (Å²) in [5, 5.41) is 6.91. The molecule has 176 valence electrons. The number of likely N-dealkylation sites (N-methyl/N-ethyl adjacent to an activating group) is 1. The molecule has 1 aromatic carbocycles. The van der Waals surface area contributed by atoms with Gasteiger partial charge in [-0.25, -0.2) is 0 Å². The molecule has 1 atom stereocenters. The van der Waals surface area contributed by atoms with Gasteiger partial charge in [-0.15, -0.1) is 24.0 Å². The zero-order valence-electron chi connectivity index (χ0n) is 19.8. The van der Waals surface area contributed by atoms with Gasteiger partial charge in [0.05, 0.1) is 0 Å². The third-order valence-electron chi connectivity index (χ3n) is 6.56. The molecule has 2 aliphatic heterocycles. The van der Waals surface area contributed by atoms with Gasteiger partial charge in [0, 0.05) is 65.4 Å². The van der Waals surface area contributed by atoms with Crippen molar-refractivity contribution in [2.24, 2.45) is 4.99 Å². The van der Waals surface area contributed by atoms with E-state index < -0.39 is 0 Å². The molecule has 0 amide bonds. The van der Waals surface area contributed by atoms with Gasteiger partial charge in [0.2, 0.25) is 0 Å². The molecule has 3 rings (SSSR count). The molecule has 2 fully saturated rings. The minimum atomic E-state index is 0. The highest BCUT2D eigenvalue weighted by atomic mass is 127. The van der Waals surface area contributed by atoms with Crippen LogP contribution in [0.1, 0.15) is 43.7 Å². The average molecular weight is 543 g/mol. The fraction of sp³-hybridized carbons (Fsp3) is 0.708. The molecule has 1 aromatic rings. The quantitative estimate of drug-likeness (QED) is 0.229. The first kappa shape index (κ1) is 26.4. The molecule has 0 bridgehead atoms. The van der Waals surface area contributed by atoms with Crippen molar-refractivity contribution < 1.29 is 0 Å². The van der Waals surface area contributed by atoms with Crippen LogP contribution in [0.25, 0.3) is 0 Å². The fourth-order valence-corrected chi connectivity index (χ4v) is 4.41. The van der Waals surface area contributed by atoms with Crippen LogP contribution in [0.3, 0.4) is 0 Å². The maximum atomic E-state index is 4.37. The largest absolute Gasteiger partial charge is 0.356 e. The number of benzene rings is 1. The molecule has 2 saturated heterocycles. The van der Waals surface area contributed by atoms with Gasteiger partial charge in [0.1, 0.15) is 0 Å². The zero-order valence-corrected chi connectivity index (χ0v) is 22.1. The van der Waals surface area contributed by atoms with E-state index in [-0.39, 0.29) is 24.0 Å². The normalized spacial score (nSPS) is 21.5. The summed E-state index contributed by atoms with van der Waals surface area (Å²) in [4.78, 5) is 12.0. The van der Waals surface area contributed by atoms with Gasteiger partial charge in [0.15, 0.2) is 5.96 Å². The van der Waals surface area contributed by atoms with Gasteiger partial charge in [-0.3, -0.25) is 9.89 Å². The molecular weight excluding hydrogens is 499 g/mol. The molecule has 0 spiro atoms. The molecule has 7 heteroatoms. The van der Waals surface area contributed by atoms with Crippen LogP contribution in [0.2, 0.25) is 0 Å². The number of hydrogen-bond donors (Lipinski definition) is 2. The number of hydrogen-bond acceptors (Lipinski definition) is 4. The second-order valence-electron chi connectivity index (χ2n) is 8.98. The number of aliphatic imine (C=N–C) groups is 1. The Balaban J connectivity index is 0.00000341. The number of piperidine rings is 1. The first-order valence-corrected chi connectivity index (χ1v) is 11.8. The summed E-state index contributed by atoms with van der Waals surface area (Å²) in [5.74, 6) is 0.892. The second kappa shape index (κ2) is 14.3. The molecule has 1 unspecified atom stereocenters. The highest BCUT2D eigenvalue weighted by molar-refractivity contribution is 14.0. The Morgan fingerprint density at radius 2 is 1.71 bits per heavy atom. The van der Waals surface area contributed by atoms with Gasteiger partial charge in [-0.2, -0.15) is 0 Å². The monoisotopic (exact) mass is 542 g/mol. The topological polar surface area (TPSA) is 46.1 Å². The summed E-state index contributed by atoms with van der Waals surface area (Å²) in [6, 6.07) is 9.76. The summed E-state index contributed by atoms with van der Waals surface area (Å²) in [5.41, 5.74) is 2.69. The number of nitrogens with one attached hydrogen (secondary N) is 2. The van der Waals surface area contributed by atoms with Crippen LogP contribution in [-0.2, 0) is 13.1 Å². The fourth-order valence-electron chi connectivity index (χ4n) is 4.41. The third-order valence-corrected chi connectivity index (χ3v) is 6.56. The maximum absolute atomic E-state index is 4.37. The van der Waals surface area contributed by atoms with Gasteiger partial charge >= 0.3 is 0 Å². The number of likely N-dealkylation sites (tertiary alicyclic amines) is 1. The summed E-state index contributed by atoms with van der Waals surface area (Å²) in [7, 11) is 4.05. The van der Waals surface area contributed by atoms with E-state index in [2.05, 4.69) is 68.6 Å². The smallest absolute Gasteiger partial charge is 0.191 e. The number of guanidine groups is 1. The molecule has 2 heterocycles. The van der Waals surface area contributed by atoms with Gasteiger partial charge < -0.3 is 20.4 Å². The number of nitrogens with zero attached hydrogens (tertiary/aromatic N) is 4. The summed E-state index contributed by atoms with van der Waals surface area (Å²) < 4.78 is 0. The van der Waals surface area contributed by atoms with E-state index in [1.165, 1.54) is 69.7 Å². The van der Waals surface area contributed by atoms with Gasteiger partial charge in [0.25, 0.3) is 0 Å². The molecule has 0 radical (unpaired) electrons. The first-order chi connectivity index (χ1) is 14.6. The van der Waals surface area contributed by atoms with Crippen LogP contribution in [0, 0.1) is 0 Å². The Labute approximate surface area is 206 Å². The Morgan fingerprint density at radius 1 is 1.00 bits per heavy atom. The predicted octanol–water partition coefficient (Wildman–Crippen LogP) is 2.98. The molecule has 2 N–H and O–H groups in total. The second-order valence-corrected chi connectivity index (χ2v) is 8.98. The van der Waals surface area contributed by atoms with Crippen molar-refractivity contribution >= 4 is 29.9 Å². The van der Waals surface area contributed by atoms with E-state index in [0.29, 0.717) is 0 Å². The van der Waals surface area contributed by atoms with Crippen LogP contribution < -0.4 is 10.6 Å². The molecule has 0 aliphatic carbocycles. The van der Waals surface area contributed by atoms with E-state index in [1.54, 1.807) is 0 Å². The van der Waals surface area contributed by atoms with Crippen LogP contribution >= 0.6 is 24.0 Å². The summed E-state index contributed by atoms with van der Waals surface area (Å²) in [6.07, 6.45) is 5.26. The number of piperazine rings is 1. The average Bonchev–Trinajstić information content (AvgIpc) is 2.77. The Bertz CT molecular complexity index is 642. The van der Waals surface area contributed by atoms with Crippen molar-refractivity contribution in [2.45, 2.75) is 51.7 Å². The van der Waals surface area contributed by atoms with Crippen LogP contribution in [-0.4, -0.2) is 86.6 Å². The lowest BCUT2D eigenvalue weighted by Gasteiger charge is -2.33. The number of halogens is 1. The van der Waals surface area contributed by atoms with E-state index in [4.69, 9.17) is 0 Å². The molecule has 6 nitrogen and oxygen atoms in total. The Morgan fingerprint density at radius 3 is 2.39 bits per heavy atom. The van der Waals surface area contributed by atoms with Crippen LogP contribution in [0.4, 0.5) is 0 Å². The van der Waals surface area contributed by atoms with Crippen LogP contribution in [0.15, 0.2) is 29.3 Å². The molecule has 0 aromatic heterocycles. The van der Waals surface area contributed by atoms with Crippen molar-refractivity contribution in [1.29, 1.82) is 0 Å². The first-order valence-electron chi connectivity index (χ1n) is 11.8. The molecule has 31 heavy (non-hydrogen) atoms. The molecule has 2 aliphatic rings. The Hall–Kier alpha value is -0.900. The van der Waals surface area contributed by atoms with Crippen molar-refractivity contribution in [1.82, 2.24) is 25.3 Å². The maximum Gasteiger partial charge on any atom is 0.191 e. The zero-order chi connectivity index (χ0) is 21.2. The number of rotatable bonds is 8.